The van der Waals surface area contributed by atoms with E-state index in [4.69, 9.17) is 9.47 Å². The van der Waals surface area contributed by atoms with Crippen molar-refractivity contribution in [2.45, 2.75) is 32.7 Å². The van der Waals surface area contributed by atoms with Gasteiger partial charge in [-0.15, -0.1) is 0 Å². The van der Waals surface area contributed by atoms with Gasteiger partial charge in [0.1, 0.15) is 13.2 Å². The number of benzene rings is 1. The first-order valence-corrected chi connectivity index (χ1v) is 8.16. The summed E-state index contributed by atoms with van der Waals surface area (Å²) < 4.78 is 11.3. The van der Waals surface area contributed by atoms with E-state index in [0.29, 0.717) is 25.2 Å². The van der Waals surface area contributed by atoms with E-state index < -0.39 is 0 Å². The Labute approximate surface area is 127 Å². The van der Waals surface area contributed by atoms with Crippen LogP contribution >= 0.6 is 0 Å². The van der Waals surface area contributed by atoms with Gasteiger partial charge >= 0.3 is 0 Å². The first-order chi connectivity index (χ1) is 10.3. The van der Waals surface area contributed by atoms with Crippen molar-refractivity contribution in [3.63, 3.8) is 0 Å². The summed E-state index contributed by atoms with van der Waals surface area (Å²) in [5.41, 5.74) is 1.25. The fourth-order valence-corrected chi connectivity index (χ4v) is 3.24. The van der Waals surface area contributed by atoms with Gasteiger partial charge in [-0.2, -0.15) is 0 Å². The highest BCUT2D eigenvalue weighted by Crippen LogP contribution is 2.35. The summed E-state index contributed by atoms with van der Waals surface area (Å²) in [5.74, 6) is 2.42. The maximum Gasteiger partial charge on any atom is 0.163 e. The smallest absolute Gasteiger partial charge is 0.163 e. The molecule has 1 aromatic rings. The molecular weight excluding hydrogens is 264 g/mol. The Kier molecular flexibility index (Phi) is 4.54. The van der Waals surface area contributed by atoms with Crippen molar-refractivity contribution in [1.29, 1.82) is 0 Å². The van der Waals surface area contributed by atoms with Crippen LogP contribution in [0.25, 0.3) is 0 Å². The molecule has 1 N–H and O–H groups in total. The first-order valence-electron chi connectivity index (χ1n) is 8.16. The molecule has 2 aliphatic rings. The minimum absolute atomic E-state index is 0.649. The van der Waals surface area contributed by atoms with E-state index in [1.54, 1.807) is 0 Å². The third-order valence-electron chi connectivity index (χ3n) is 4.45. The van der Waals surface area contributed by atoms with Gasteiger partial charge in [-0.25, -0.2) is 0 Å². The second kappa shape index (κ2) is 6.56. The zero-order valence-electron chi connectivity index (χ0n) is 13.1. The maximum atomic E-state index is 5.69. The molecule has 0 amide bonds. The lowest BCUT2D eigenvalue weighted by Gasteiger charge is -2.39. The number of nitrogens with one attached hydrogen (secondary N) is 1. The summed E-state index contributed by atoms with van der Waals surface area (Å²) in [7, 11) is 0. The van der Waals surface area contributed by atoms with Crippen LogP contribution in [0.3, 0.4) is 0 Å². The quantitative estimate of drug-likeness (QED) is 0.924. The van der Waals surface area contributed by atoms with Gasteiger partial charge in [0.15, 0.2) is 11.5 Å². The Hall–Kier alpha value is -1.42. The zero-order valence-corrected chi connectivity index (χ0v) is 13.1. The number of hydrogen-bond donors (Lipinski definition) is 1. The highest BCUT2D eigenvalue weighted by Gasteiger charge is 2.26. The van der Waals surface area contributed by atoms with E-state index in [-0.39, 0.29) is 0 Å². The molecule has 3 rings (SSSR count). The normalized spacial score (nSPS) is 25.0. The van der Waals surface area contributed by atoms with Crippen molar-refractivity contribution in [3.8, 4) is 11.5 Å². The van der Waals surface area contributed by atoms with Crippen LogP contribution in [0.2, 0.25) is 0 Å². The minimum atomic E-state index is 0.649. The molecule has 0 radical (unpaired) electrons. The van der Waals surface area contributed by atoms with Crippen LogP contribution in [-0.2, 0) is 0 Å². The third kappa shape index (κ3) is 3.26. The number of ether oxygens (including phenoxy) is 2. The largest absolute Gasteiger partial charge is 0.486 e. The van der Waals surface area contributed by atoms with Crippen LogP contribution in [0, 0.1) is 5.92 Å². The highest BCUT2D eigenvalue weighted by atomic mass is 16.6. The van der Waals surface area contributed by atoms with Crippen molar-refractivity contribution in [3.05, 3.63) is 18.2 Å². The molecule has 0 aliphatic carbocycles. The summed E-state index contributed by atoms with van der Waals surface area (Å²) in [6, 6.07) is 6.97. The number of rotatable bonds is 4. The second-order valence-corrected chi connectivity index (χ2v) is 6.10. The van der Waals surface area contributed by atoms with Gasteiger partial charge in [0.2, 0.25) is 0 Å². The van der Waals surface area contributed by atoms with Crippen molar-refractivity contribution >= 4 is 5.69 Å². The predicted octanol–water partition coefficient (Wildman–Crippen LogP) is 2.67. The van der Waals surface area contributed by atoms with E-state index in [1.165, 1.54) is 18.5 Å². The number of hydrogen-bond acceptors (Lipinski definition) is 4. The van der Waals surface area contributed by atoms with Crippen molar-refractivity contribution < 1.29 is 9.47 Å². The maximum absolute atomic E-state index is 5.69. The number of fused-ring (bicyclic) bond motifs is 1. The lowest BCUT2D eigenvalue weighted by molar-refractivity contribution is 0.171. The van der Waals surface area contributed by atoms with E-state index in [2.05, 4.69) is 36.2 Å². The standard InChI is InChI=1S/C17H26N2O2/c1-3-7-18-15-6-8-19(12-13(15)2)14-4-5-16-17(11-14)21-10-9-20-16/h4-5,11,13,15,18H,3,6-10,12H2,1-2H3. The van der Waals surface area contributed by atoms with Gasteiger partial charge in [-0.3, -0.25) is 0 Å². The molecule has 116 valence electrons. The van der Waals surface area contributed by atoms with Crippen molar-refractivity contribution in [1.82, 2.24) is 5.32 Å². The topological polar surface area (TPSA) is 33.7 Å². The Morgan fingerprint density at radius 2 is 2.05 bits per heavy atom. The molecule has 0 aromatic heterocycles. The molecule has 21 heavy (non-hydrogen) atoms. The van der Waals surface area contributed by atoms with Gasteiger partial charge in [0.25, 0.3) is 0 Å². The molecule has 2 aliphatic heterocycles. The highest BCUT2D eigenvalue weighted by molar-refractivity contribution is 5.57. The summed E-state index contributed by atoms with van der Waals surface area (Å²) in [6.45, 7) is 9.19. The fraction of sp³-hybridized carbons (Fsp3) is 0.647. The zero-order chi connectivity index (χ0) is 14.7. The van der Waals surface area contributed by atoms with Crippen LogP contribution in [0.5, 0.6) is 11.5 Å². The van der Waals surface area contributed by atoms with Crippen molar-refractivity contribution in [2.24, 2.45) is 5.92 Å². The van der Waals surface area contributed by atoms with Crippen LogP contribution in [0.4, 0.5) is 5.69 Å². The average Bonchev–Trinajstić information content (AvgIpc) is 2.53. The molecular formula is C17H26N2O2. The van der Waals surface area contributed by atoms with E-state index in [0.717, 1.165) is 31.1 Å². The molecule has 2 unspecified atom stereocenters. The monoisotopic (exact) mass is 290 g/mol. The Bertz CT molecular complexity index is 478. The first kappa shape index (κ1) is 14.5. The van der Waals surface area contributed by atoms with Crippen LogP contribution in [0.15, 0.2) is 18.2 Å². The lowest BCUT2D eigenvalue weighted by atomic mass is 9.93. The second-order valence-electron chi connectivity index (χ2n) is 6.10. The summed E-state index contributed by atoms with van der Waals surface area (Å²) in [4.78, 5) is 2.47. The van der Waals surface area contributed by atoms with Gasteiger partial charge in [0.05, 0.1) is 0 Å². The molecule has 0 spiro atoms. The van der Waals surface area contributed by atoms with E-state index in [1.807, 2.05) is 6.07 Å². The van der Waals surface area contributed by atoms with E-state index >= 15 is 0 Å². The van der Waals surface area contributed by atoms with E-state index in [9.17, 15) is 0 Å². The van der Waals surface area contributed by atoms with Gasteiger partial charge in [-0.05, 0) is 37.4 Å². The lowest BCUT2D eigenvalue weighted by Crippen LogP contribution is -2.48. The molecule has 1 aromatic carbocycles. The minimum Gasteiger partial charge on any atom is -0.486 e. The molecule has 0 saturated carbocycles. The summed E-state index contributed by atoms with van der Waals surface area (Å²) >= 11 is 0. The molecule has 4 heteroatoms. The number of nitrogens with zero attached hydrogens (tertiary/aromatic N) is 1. The molecule has 1 fully saturated rings. The third-order valence-corrected chi connectivity index (χ3v) is 4.45. The van der Waals surface area contributed by atoms with Crippen LogP contribution in [0.1, 0.15) is 26.7 Å². The predicted molar refractivity (Wildman–Crippen MR) is 85.5 cm³/mol. The van der Waals surface area contributed by atoms with Crippen LogP contribution < -0.4 is 19.7 Å². The summed E-state index contributed by atoms with van der Waals surface area (Å²) in [5, 5.41) is 3.67. The Balaban J connectivity index is 1.65. The van der Waals surface area contributed by atoms with Crippen LogP contribution in [-0.4, -0.2) is 38.9 Å². The van der Waals surface area contributed by atoms with Crippen molar-refractivity contribution in [2.75, 3.05) is 37.7 Å². The Morgan fingerprint density at radius 1 is 1.24 bits per heavy atom. The molecule has 1 saturated heterocycles. The fourth-order valence-electron chi connectivity index (χ4n) is 3.24. The van der Waals surface area contributed by atoms with Gasteiger partial charge < -0.3 is 19.7 Å². The molecule has 2 atom stereocenters. The molecule has 2 heterocycles. The average molecular weight is 290 g/mol. The SMILES string of the molecule is CCCNC1CCN(c2ccc3c(c2)OCCO3)CC1C. The van der Waals surface area contributed by atoms with Gasteiger partial charge in [0, 0.05) is 30.9 Å². The van der Waals surface area contributed by atoms with Gasteiger partial charge in [-0.1, -0.05) is 13.8 Å². The number of anilines is 1. The molecule has 4 nitrogen and oxygen atoms in total. The molecule has 0 bridgehead atoms. The summed E-state index contributed by atoms with van der Waals surface area (Å²) in [6.07, 6.45) is 2.41. The number of piperidine rings is 1. The Morgan fingerprint density at radius 3 is 2.81 bits per heavy atom.